The van der Waals surface area contributed by atoms with Crippen LogP contribution in [0.4, 0.5) is 5.13 Å². The van der Waals surface area contributed by atoms with Crippen molar-refractivity contribution in [3.05, 3.63) is 45.9 Å². The first-order valence-corrected chi connectivity index (χ1v) is 7.16. The Bertz CT molecular complexity index is 479. The first-order valence-electron chi connectivity index (χ1n) is 5.48. The van der Waals surface area contributed by atoms with Crippen LogP contribution in [-0.4, -0.2) is 11.5 Å². The lowest BCUT2D eigenvalue weighted by Crippen LogP contribution is -2.27. The number of aromatic nitrogens is 1. The second kappa shape index (κ2) is 5.19. The minimum absolute atomic E-state index is 0.0966. The van der Waals surface area contributed by atoms with E-state index in [-0.39, 0.29) is 5.41 Å². The number of nitrogens with zero attached hydrogens (tertiary/aromatic N) is 1. The van der Waals surface area contributed by atoms with Crippen molar-refractivity contribution in [1.29, 1.82) is 0 Å². The van der Waals surface area contributed by atoms with E-state index in [0.29, 0.717) is 0 Å². The SMILES string of the molecule is CC(C)(CNc1nc(Br)cs1)c1ccccc1. The Morgan fingerprint density at radius 3 is 2.59 bits per heavy atom. The maximum Gasteiger partial charge on any atom is 0.183 e. The monoisotopic (exact) mass is 310 g/mol. The second-order valence-electron chi connectivity index (χ2n) is 4.58. The molecule has 2 aromatic rings. The molecule has 2 rings (SSSR count). The third-order valence-corrected chi connectivity index (χ3v) is 4.22. The van der Waals surface area contributed by atoms with Crippen molar-refractivity contribution in [1.82, 2.24) is 4.98 Å². The van der Waals surface area contributed by atoms with Crippen LogP contribution in [0.2, 0.25) is 0 Å². The van der Waals surface area contributed by atoms with Crippen LogP contribution in [0.3, 0.4) is 0 Å². The van der Waals surface area contributed by atoms with Crippen LogP contribution in [0.5, 0.6) is 0 Å². The summed E-state index contributed by atoms with van der Waals surface area (Å²) in [6.45, 7) is 5.34. The van der Waals surface area contributed by atoms with E-state index in [4.69, 9.17) is 0 Å². The molecule has 0 aliphatic heterocycles. The summed E-state index contributed by atoms with van der Waals surface area (Å²) in [6, 6.07) is 10.5. The number of thiazole rings is 1. The smallest absolute Gasteiger partial charge is 0.183 e. The van der Waals surface area contributed by atoms with Crippen molar-refractivity contribution in [2.24, 2.45) is 0 Å². The van der Waals surface area contributed by atoms with E-state index in [1.54, 1.807) is 11.3 Å². The summed E-state index contributed by atoms with van der Waals surface area (Å²) in [7, 11) is 0. The van der Waals surface area contributed by atoms with Crippen LogP contribution in [0.15, 0.2) is 40.3 Å². The molecule has 0 spiro atoms. The van der Waals surface area contributed by atoms with Crippen LogP contribution >= 0.6 is 27.3 Å². The van der Waals surface area contributed by atoms with E-state index < -0.39 is 0 Å². The van der Waals surface area contributed by atoms with Gasteiger partial charge in [-0.3, -0.25) is 0 Å². The van der Waals surface area contributed by atoms with Gasteiger partial charge in [-0.25, -0.2) is 4.98 Å². The molecule has 2 nitrogen and oxygen atoms in total. The Kier molecular flexibility index (Phi) is 3.84. The van der Waals surface area contributed by atoms with Gasteiger partial charge in [-0.1, -0.05) is 44.2 Å². The van der Waals surface area contributed by atoms with Crippen molar-refractivity contribution in [3.63, 3.8) is 0 Å². The first-order chi connectivity index (χ1) is 8.08. The van der Waals surface area contributed by atoms with Gasteiger partial charge in [-0.15, -0.1) is 11.3 Å². The van der Waals surface area contributed by atoms with Gasteiger partial charge >= 0.3 is 0 Å². The fraction of sp³-hybridized carbons (Fsp3) is 0.308. The fourth-order valence-electron chi connectivity index (χ4n) is 1.62. The number of benzene rings is 1. The van der Waals surface area contributed by atoms with Gasteiger partial charge in [0, 0.05) is 17.3 Å². The lowest BCUT2D eigenvalue weighted by atomic mass is 9.85. The third-order valence-electron chi connectivity index (χ3n) is 2.71. The van der Waals surface area contributed by atoms with E-state index >= 15 is 0 Å². The molecule has 0 unspecified atom stereocenters. The molecule has 1 N–H and O–H groups in total. The summed E-state index contributed by atoms with van der Waals surface area (Å²) in [5, 5.41) is 6.32. The zero-order valence-corrected chi connectivity index (χ0v) is 12.3. The highest BCUT2D eigenvalue weighted by Gasteiger charge is 2.20. The van der Waals surface area contributed by atoms with Gasteiger partial charge in [0.05, 0.1) is 0 Å². The first kappa shape index (κ1) is 12.6. The van der Waals surface area contributed by atoms with Crippen molar-refractivity contribution >= 4 is 32.4 Å². The van der Waals surface area contributed by atoms with Gasteiger partial charge in [0.25, 0.3) is 0 Å². The number of anilines is 1. The van der Waals surface area contributed by atoms with Crippen LogP contribution in [0, 0.1) is 0 Å². The normalized spacial score (nSPS) is 11.5. The van der Waals surface area contributed by atoms with Gasteiger partial charge < -0.3 is 5.32 Å². The van der Waals surface area contributed by atoms with Crippen LogP contribution in [0.25, 0.3) is 0 Å². The van der Waals surface area contributed by atoms with Crippen molar-refractivity contribution in [2.45, 2.75) is 19.3 Å². The van der Waals surface area contributed by atoms with Gasteiger partial charge in [0.1, 0.15) is 4.60 Å². The molecule has 0 aliphatic rings. The number of nitrogens with one attached hydrogen (secondary N) is 1. The molecule has 0 amide bonds. The lowest BCUT2D eigenvalue weighted by Gasteiger charge is -2.25. The highest BCUT2D eigenvalue weighted by atomic mass is 79.9. The Labute approximate surface area is 114 Å². The number of hydrogen-bond donors (Lipinski definition) is 1. The number of hydrogen-bond acceptors (Lipinski definition) is 3. The minimum atomic E-state index is 0.0966. The zero-order valence-electron chi connectivity index (χ0n) is 9.90. The molecule has 17 heavy (non-hydrogen) atoms. The molecule has 0 aliphatic carbocycles. The Morgan fingerprint density at radius 2 is 2.00 bits per heavy atom. The predicted octanol–water partition coefficient (Wildman–Crippen LogP) is 4.30. The van der Waals surface area contributed by atoms with E-state index in [1.165, 1.54) is 5.56 Å². The molecular weight excluding hydrogens is 296 g/mol. The molecular formula is C13H15BrN2S. The van der Waals surface area contributed by atoms with Crippen LogP contribution in [0.1, 0.15) is 19.4 Å². The van der Waals surface area contributed by atoms with E-state index in [1.807, 2.05) is 11.4 Å². The van der Waals surface area contributed by atoms with Crippen molar-refractivity contribution in [3.8, 4) is 0 Å². The average Bonchev–Trinajstić information content (AvgIpc) is 2.74. The van der Waals surface area contributed by atoms with Crippen LogP contribution < -0.4 is 5.32 Å². The van der Waals surface area contributed by atoms with Gasteiger partial charge in [-0.2, -0.15) is 0 Å². The fourth-order valence-corrected chi connectivity index (χ4v) is 2.77. The van der Waals surface area contributed by atoms with Gasteiger partial charge in [0.15, 0.2) is 5.13 Å². The molecule has 0 saturated heterocycles. The minimum Gasteiger partial charge on any atom is -0.361 e. The molecule has 4 heteroatoms. The highest BCUT2D eigenvalue weighted by Crippen LogP contribution is 2.25. The largest absolute Gasteiger partial charge is 0.361 e. The summed E-state index contributed by atoms with van der Waals surface area (Å²) >= 11 is 4.97. The third kappa shape index (κ3) is 3.30. The highest BCUT2D eigenvalue weighted by molar-refractivity contribution is 9.10. The zero-order chi connectivity index (χ0) is 12.3. The van der Waals surface area contributed by atoms with Crippen LogP contribution in [-0.2, 0) is 5.41 Å². The average molecular weight is 311 g/mol. The topological polar surface area (TPSA) is 24.9 Å². The number of rotatable bonds is 4. The van der Waals surface area contributed by atoms with E-state index in [0.717, 1.165) is 16.3 Å². The molecule has 0 saturated carbocycles. The summed E-state index contributed by atoms with van der Waals surface area (Å²) in [5.74, 6) is 0. The Balaban J connectivity index is 2.03. The lowest BCUT2D eigenvalue weighted by molar-refractivity contribution is 0.557. The molecule has 90 valence electrons. The summed E-state index contributed by atoms with van der Waals surface area (Å²) in [5.41, 5.74) is 1.43. The summed E-state index contributed by atoms with van der Waals surface area (Å²) in [4.78, 5) is 4.33. The van der Waals surface area contributed by atoms with Gasteiger partial charge in [0.2, 0.25) is 0 Å². The molecule has 0 atom stereocenters. The Hall–Kier alpha value is -0.870. The van der Waals surface area contributed by atoms with Crippen molar-refractivity contribution in [2.75, 3.05) is 11.9 Å². The summed E-state index contributed by atoms with van der Waals surface area (Å²) in [6.07, 6.45) is 0. The second-order valence-corrected chi connectivity index (χ2v) is 6.25. The molecule has 0 bridgehead atoms. The predicted molar refractivity (Wildman–Crippen MR) is 77.8 cm³/mol. The molecule has 1 heterocycles. The standard InChI is InChI=1S/C13H15BrN2S/c1-13(2,10-6-4-3-5-7-10)9-15-12-16-11(14)8-17-12/h3-8H,9H2,1-2H3,(H,15,16). The quantitative estimate of drug-likeness (QED) is 0.911. The molecule has 0 fully saturated rings. The van der Waals surface area contributed by atoms with Gasteiger partial charge in [-0.05, 0) is 21.5 Å². The maximum atomic E-state index is 4.33. The molecule has 0 radical (unpaired) electrons. The number of halogens is 1. The van der Waals surface area contributed by atoms with Crippen molar-refractivity contribution < 1.29 is 0 Å². The van der Waals surface area contributed by atoms with E-state index in [9.17, 15) is 0 Å². The summed E-state index contributed by atoms with van der Waals surface area (Å²) < 4.78 is 0.891. The Morgan fingerprint density at radius 1 is 1.29 bits per heavy atom. The maximum absolute atomic E-state index is 4.33. The molecule has 1 aromatic heterocycles. The van der Waals surface area contributed by atoms with E-state index in [2.05, 4.69) is 64.3 Å². The molecule has 1 aromatic carbocycles.